The first-order chi connectivity index (χ1) is 37.4. The van der Waals surface area contributed by atoms with Crippen LogP contribution >= 0.6 is 11.3 Å². The van der Waals surface area contributed by atoms with E-state index in [0.717, 1.165) is 29.9 Å². The molecule has 2 atom stereocenters. The molecule has 79 heavy (non-hydrogen) atoms. The van der Waals surface area contributed by atoms with Crippen LogP contribution in [-0.4, -0.2) is 12.3 Å². The Morgan fingerprint density at radius 3 is 1.59 bits per heavy atom. The monoisotopic (exact) mass is 1050 g/mol. The van der Waals surface area contributed by atoms with Gasteiger partial charge in [-0.25, -0.2) is 0 Å². The molecule has 5 heteroatoms. The largest absolute Gasteiger partial charge is 0.335 e. The molecule has 0 bridgehead atoms. The van der Waals surface area contributed by atoms with Crippen LogP contribution in [0.4, 0.5) is 45.5 Å². The summed E-state index contributed by atoms with van der Waals surface area (Å²) in [6.45, 7) is 33.3. The summed E-state index contributed by atoms with van der Waals surface area (Å²) in [5.41, 5.74) is 24.4. The lowest BCUT2D eigenvalue weighted by atomic mass is 9.36. The topological polar surface area (TPSA) is 9.72 Å². The smallest absolute Gasteiger partial charge is 0.264 e. The Kier molecular flexibility index (Phi) is 11.7. The molecule has 1 aliphatic carbocycles. The highest BCUT2D eigenvalue weighted by Crippen LogP contribution is 2.63. The molecule has 0 spiro atoms. The maximum absolute atomic E-state index is 2.92. The Hall–Kier alpha value is -6.82. The zero-order valence-electron chi connectivity index (χ0n) is 49.3. The number of rotatable bonds is 6. The van der Waals surface area contributed by atoms with Crippen molar-refractivity contribution in [1.29, 1.82) is 0 Å². The molecule has 0 amide bonds. The third-order valence-corrected chi connectivity index (χ3v) is 20.2. The van der Waals surface area contributed by atoms with E-state index in [-0.39, 0.29) is 39.3 Å². The Labute approximate surface area is 476 Å². The second-order valence-corrected chi connectivity index (χ2v) is 29.3. The third kappa shape index (κ3) is 8.09. The summed E-state index contributed by atoms with van der Waals surface area (Å²) in [6.07, 6.45) is 4.71. The summed E-state index contributed by atoms with van der Waals surface area (Å²) in [4.78, 5) is 8.24. The van der Waals surface area contributed by atoms with E-state index < -0.39 is 0 Å². The van der Waals surface area contributed by atoms with Gasteiger partial charge in [-0.15, -0.1) is 11.3 Å². The zero-order valence-corrected chi connectivity index (χ0v) is 50.1. The summed E-state index contributed by atoms with van der Waals surface area (Å²) in [5, 5.41) is 1.32. The standard InChI is InChI=1S/C74H78BN3S/c1-69(2,3)50-27-33-54(34-28-50)76(55-35-29-51(30-36-55)70(4,5)6)56-45-62-65-63(46-56)78-67-59(73(13)39-21-22-40-74(73,78)14)41-49(47-23-17-15-18-24-47)42-60(67)75(65)68-66(58-44-53(72(10,11)12)32-38-64(58)79-68)77(62)61-37-31-52(71(7,8)9)43-57(61)48-25-19-16-20-26-48/h15-20,23-38,41-46H,21-22,39-40H2,1-14H3. The van der Waals surface area contributed by atoms with Gasteiger partial charge in [0.25, 0.3) is 6.71 Å². The molecule has 3 aliphatic heterocycles. The van der Waals surface area contributed by atoms with Crippen molar-refractivity contribution in [3.8, 4) is 22.3 Å². The second kappa shape index (κ2) is 17.8. The molecule has 4 aliphatic rings. The van der Waals surface area contributed by atoms with Gasteiger partial charge in [0.15, 0.2) is 0 Å². The van der Waals surface area contributed by atoms with Crippen LogP contribution in [0.5, 0.6) is 0 Å². The van der Waals surface area contributed by atoms with Crippen LogP contribution in [-0.2, 0) is 27.1 Å². The maximum Gasteiger partial charge on any atom is 0.264 e. The number of nitrogens with zero attached hydrogens (tertiary/aromatic N) is 3. The van der Waals surface area contributed by atoms with Gasteiger partial charge in [0.1, 0.15) is 0 Å². The van der Waals surface area contributed by atoms with Gasteiger partial charge < -0.3 is 14.7 Å². The molecule has 2 unspecified atom stereocenters. The number of hydrogen-bond donors (Lipinski definition) is 0. The number of thiophene rings is 1. The molecule has 4 heterocycles. The van der Waals surface area contributed by atoms with Crippen LogP contribution in [0.25, 0.3) is 32.3 Å². The molecule has 0 radical (unpaired) electrons. The van der Waals surface area contributed by atoms with Gasteiger partial charge >= 0.3 is 0 Å². The number of anilines is 8. The van der Waals surface area contributed by atoms with Gasteiger partial charge in [0.2, 0.25) is 0 Å². The minimum absolute atomic E-state index is 0.0126. The van der Waals surface area contributed by atoms with E-state index in [4.69, 9.17) is 0 Å². The molecule has 0 saturated heterocycles. The highest BCUT2D eigenvalue weighted by Gasteiger charge is 2.62. The summed E-state index contributed by atoms with van der Waals surface area (Å²) in [7, 11) is 0. The minimum Gasteiger partial charge on any atom is -0.335 e. The molecule has 0 N–H and O–H groups in total. The first kappa shape index (κ1) is 51.6. The quantitative estimate of drug-likeness (QED) is 0.154. The highest BCUT2D eigenvalue weighted by molar-refractivity contribution is 7.33. The molecular weight excluding hydrogens is 974 g/mol. The van der Waals surface area contributed by atoms with Crippen LogP contribution in [0.1, 0.15) is 150 Å². The molecule has 8 aromatic carbocycles. The van der Waals surface area contributed by atoms with Crippen molar-refractivity contribution in [2.24, 2.45) is 0 Å². The molecule has 1 saturated carbocycles. The van der Waals surface area contributed by atoms with Crippen molar-refractivity contribution in [3.05, 3.63) is 198 Å². The molecule has 13 rings (SSSR count). The fourth-order valence-electron chi connectivity index (χ4n) is 14.2. The van der Waals surface area contributed by atoms with Crippen LogP contribution in [0.15, 0.2) is 170 Å². The molecule has 1 fully saturated rings. The SMILES string of the molecule is CC(C)(C)c1ccc(N(c2ccc(C(C)(C)C)cc2)c2cc3c4c(c2)N2c5c(cc(-c6ccccc6)cc5C5(C)CCCCC25C)B4c2sc4ccc(C(C)(C)C)cc4c2N3c2ccc(C(C)(C)C)cc2-c2ccccc2)cc1. The normalized spacial score (nSPS) is 18.6. The first-order valence-electron chi connectivity index (χ1n) is 29.2. The van der Waals surface area contributed by atoms with Gasteiger partial charge in [-0.1, -0.05) is 206 Å². The van der Waals surface area contributed by atoms with Crippen molar-refractivity contribution in [3.63, 3.8) is 0 Å². The van der Waals surface area contributed by atoms with E-state index in [1.54, 1.807) is 0 Å². The average Bonchev–Trinajstić information content (AvgIpc) is 3.28. The van der Waals surface area contributed by atoms with Crippen molar-refractivity contribution in [2.45, 2.75) is 155 Å². The van der Waals surface area contributed by atoms with Crippen molar-refractivity contribution >= 4 is 89.3 Å². The predicted molar refractivity (Wildman–Crippen MR) is 344 cm³/mol. The highest BCUT2D eigenvalue weighted by atomic mass is 32.1. The summed E-state index contributed by atoms with van der Waals surface area (Å²) in [6, 6.07) is 66.6. The summed E-state index contributed by atoms with van der Waals surface area (Å²) < 4.78 is 2.75. The van der Waals surface area contributed by atoms with E-state index in [9.17, 15) is 0 Å². The predicted octanol–water partition coefficient (Wildman–Crippen LogP) is 19.2. The zero-order chi connectivity index (χ0) is 55.3. The van der Waals surface area contributed by atoms with Crippen LogP contribution in [0.2, 0.25) is 0 Å². The van der Waals surface area contributed by atoms with Crippen LogP contribution < -0.4 is 30.4 Å². The lowest BCUT2D eigenvalue weighted by Crippen LogP contribution is -2.64. The lowest BCUT2D eigenvalue weighted by molar-refractivity contribution is 0.195. The lowest BCUT2D eigenvalue weighted by Gasteiger charge is -2.52. The second-order valence-electron chi connectivity index (χ2n) is 28.2. The van der Waals surface area contributed by atoms with Crippen molar-refractivity contribution < 1.29 is 0 Å². The Morgan fingerprint density at radius 2 is 1.00 bits per heavy atom. The molecular formula is C74H78BN3S. The number of fused-ring (bicyclic) bond motifs is 9. The average molecular weight is 1050 g/mol. The number of hydrogen-bond acceptors (Lipinski definition) is 4. The fraction of sp³-hybridized carbons (Fsp3) is 0.324. The maximum atomic E-state index is 2.92. The van der Waals surface area contributed by atoms with Crippen molar-refractivity contribution in [2.75, 3.05) is 14.7 Å². The molecule has 9 aromatic rings. The van der Waals surface area contributed by atoms with E-state index in [1.165, 1.54) is 117 Å². The van der Waals surface area contributed by atoms with Gasteiger partial charge in [0.05, 0.1) is 22.6 Å². The molecule has 398 valence electrons. The summed E-state index contributed by atoms with van der Waals surface area (Å²) >= 11 is 2.02. The Balaban J connectivity index is 1.20. The van der Waals surface area contributed by atoms with Gasteiger partial charge in [-0.2, -0.15) is 0 Å². The van der Waals surface area contributed by atoms with E-state index in [1.807, 2.05) is 11.3 Å². The molecule has 3 nitrogen and oxygen atoms in total. The number of benzene rings is 8. The van der Waals surface area contributed by atoms with Crippen LogP contribution in [0.3, 0.4) is 0 Å². The van der Waals surface area contributed by atoms with E-state index in [2.05, 4.69) is 281 Å². The van der Waals surface area contributed by atoms with Gasteiger partial charge in [0, 0.05) is 54.3 Å². The minimum atomic E-state index is -0.182. The first-order valence-corrected chi connectivity index (χ1v) is 30.1. The fourth-order valence-corrected chi connectivity index (χ4v) is 15.5. The molecule has 1 aromatic heterocycles. The Bertz CT molecular complexity index is 3800. The van der Waals surface area contributed by atoms with Gasteiger partial charge in [-0.05, 0) is 164 Å². The van der Waals surface area contributed by atoms with Crippen LogP contribution in [0, 0.1) is 0 Å². The van der Waals surface area contributed by atoms with E-state index >= 15 is 0 Å². The third-order valence-electron chi connectivity index (χ3n) is 19.0. The summed E-state index contributed by atoms with van der Waals surface area (Å²) in [5.74, 6) is 0. The Morgan fingerprint density at radius 1 is 0.468 bits per heavy atom. The van der Waals surface area contributed by atoms with E-state index in [0.29, 0.717) is 0 Å². The van der Waals surface area contributed by atoms with Gasteiger partial charge in [-0.3, -0.25) is 0 Å². The van der Waals surface area contributed by atoms with Crippen molar-refractivity contribution in [1.82, 2.24) is 0 Å².